The normalized spacial score (nSPS) is 14.8. The molecule has 2 atom stereocenters. The third-order valence-corrected chi connectivity index (χ3v) is 5.07. The molecule has 0 bridgehead atoms. The number of hydrogen-bond donors (Lipinski definition) is 1. The van der Waals surface area contributed by atoms with E-state index < -0.39 is 10.8 Å². The van der Waals surface area contributed by atoms with E-state index in [-0.39, 0.29) is 5.25 Å². The van der Waals surface area contributed by atoms with Gasteiger partial charge < -0.3 is 9.55 Å². The van der Waals surface area contributed by atoms with Crippen LogP contribution in [0, 0.1) is 4.77 Å². The van der Waals surface area contributed by atoms with Crippen molar-refractivity contribution in [2.75, 3.05) is 6.26 Å². The van der Waals surface area contributed by atoms with Crippen LogP contribution in [0.25, 0.3) is 11.0 Å². The minimum atomic E-state index is -0.808. The highest BCUT2D eigenvalue weighted by molar-refractivity contribution is 7.84. The van der Waals surface area contributed by atoms with Gasteiger partial charge in [0.1, 0.15) is 0 Å². The zero-order valence-corrected chi connectivity index (χ0v) is 12.7. The summed E-state index contributed by atoms with van der Waals surface area (Å²) in [6.45, 7) is 2.71. The van der Waals surface area contributed by atoms with Gasteiger partial charge in [-0.1, -0.05) is 24.6 Å². The lowest BCUT2D eigenvalue weighted by molar-refractivity contribution is 0.625. The van der Waals surface area contributed by atoms with Crippen LogP contribution in [0.4, 0.5) is 0 Å². The lowest BCUT2D eigenvalue weighted by Crippen LogP contribution is -2.12. The predicted octanol–water partition coefficient (Wildman–Crippen LogP) is 3.51. The molecule has 0 aliphatic carbocycles. The fourth-order valence-corrected chi connectivity index (χ4v) is 2.87. The van der Waals surface area contributed by atoms with Crippen LogP contribution in [-0.2, 0) is 17.3 Å². The van der Waals surface area contributed by atoms with Crippen molar-refractivity contribution in [1.82, 2.24) is 9.55 Å². The zero-order valence-electron chi connectivity index (χ0n) is 10.3. The molecule has 1 aromatic carbocycles. The van der Waals surface area contributed by atoms with E-state index >= 15 is 0 Å². The Hall–Kier alpha value is -0.650. The summed E-state index contributed by atoms with van der Waals surface area (Å²) in [5.74, 6) is 0. The van der Waals surface area contributed by atoms with Gasteiger partial charge in [-0.25, -0.2) is 0 Å². The maximum absolute atomic E-state index is 11.4. The number of para-hydroxylation sites is 1. The first-order chi connectivity index (χ1) is 8.50. The number of aromatic amines is 1. The number of nitrogens with one attached hydrogen (secondary N) is 1. The van der Waals surface area contributed by atoms with Gasteiger partial charge in [-0.05, 0) is 30.8 Å². The largest absolute Gasteiger partial charge is 0.331 e. The van der Waals surface area contributed by atoms with Crippen molar-refractivity contribution in [2.24, 2.45) is 0 Å². The average molecular weight is 303 g/mol. The van der Waals surface area contributed by atoms with Gasteiger partial charge in [-0.15, -0.1) is 0 Å². The first-order valence-electron chi connectivity index (χ1n) is 5.70. The summed E-state index contributed by atoms with van der Waals surface area (Å²) < 4.78 is 14.0. The lowest BCUT2D eigenvalue weighted by atomic mass is 10.3. The van der Waals surface area contributed by atoms with E-state index in [1.165, 1.54) is 0 Å². The summed E-state index contributed by atoms with van der Waals surface area (Å²) in [6, 6.07) is 5.70. The number of aryl methyl sites for hydroxylation is 1. The molecule has 3 nitrogen and oxygen atoms in total. The van der Waals surface area contributed by atoms with Crippen LogP contribution >= 0.6 is 23.8 Å². The molecule has 6 heteroatoms. The van der Waals surface area contributed by atoms with E-state index in [1.807, 2.05) is 29.7 Å². The average Bonchev–Trinajstić information content (AvgIpc) is 2.63. The zero-order chi connectivity index (χ0) is 13.3. The third kappa shape index (κ3) is 2.68. The Morgan fingerprint density at radius 2 is 2.28 bits per heavy atom. The highest BCUT2D eigenvalue weighted by Gasteiger charge is 2.11. The summed E-state index contributed by atoms with van der Waals surface area (Å²) in [5, 5.41) is 0.837. The number of halogens is 1. The smallest absolute Gasteiger partial charge is 0.178 e. The monoisotopic (exact) mass is 302 g/mol. The molecular weight excluding hydrogens is 288 g/mol. The molecule has 0 fully saturated rings. The summed E-state index contributed by atoms with van der Waals surface area (Å²) in [4.78, 5) is 3.14. The molecule has 1 N–H and O–H groups in total. The SMILES string of the molecule is CC(CCn1c(=S)[nH]c2cccc(Cl)c21)S(C)=O. The lowest BCUT2D eigenvalue weighted by Gasteiger charge is -2.10. The molecule has 2 unspecified atom stereocenters. The molecule has 2 rings (SSSR count). The number of fused-ring (bicyclic) bond motifs is 1. The standard InChI is InChI=1S/C12H15ClN2OS2/c1-8(18(2)16)6-7-15-11-9(13)4-3-5-10(11)14-12(15)17/h3-5,8H,6-7H2,1-2H3,(H,14,17). The van der Waals surface area contributed by atoms with Crippen molar-refractivity contribution in [2.45, 2.75) is 25.1 Å². The van der Waals surface area contributed by atoms with Crippen molar-refractivity contribution in [3.05, 3.63) is 28.0 Å². The van der Waals surface area contributed by atoms with Crippen LogP contribution in [0.1, 0.15) is 13.3 Å². The number of aromatic nitrogens is 2. The number of benzene rings is 1. The van der Waals surface area contributed by atoms with Gasteiger partial charge in [0.25, 0.3) is 0 Å². The molecule has 0 radical (unpaired) electrons. The molecule has 0 aliphatic heterocycles. The molecule has 0 spiro atoms. The first-order valence-corrected chi connectivity index (χ1v) is 8.10. The molecule has 0 aliphatic rings. The van der Waals surface area contributed by atoms with Crippen LogP contribution < -0.4 is 0 Å². The predicted molar refractivity (Wildman–Crippen MR) is 80.3 cm³/mol. The van der Waals surface area contributed by atoms with Crippen LogP contribution in [0.3, 0.4) is 0 Å². The van der Waals surface area contributed by atoms with Crippen LogP contribution in [-0.4, -0.2) is 25.3 Å². The van der Waals surface area contributed by atoms with Crippen molar-refractivity contribution >= 4 is 45.7 Å². The number of H-pyrrole nitrogens is 1. The Bertz CT molecular complexity index is 647. The van der Waals surface area contributed by atoms with E-state index in [0.717, 1.165) is 24.0 Å². The quantitative estimate of drug-likeness (QED) is 0.878. The highest BCUT2D eigenvalue weighted by atomic mass is 35.5. The van der Waals surface area contributed by atoms with E-state index in [0.29, 0.717) is 9.79 Å². The van der Waals surface area contributed by atoms with E-state index in [9.17, 15) is 4.21 Å². The molecule has 0 amide bonds. The van der Waals surface area contributed by atoms with Gasteiger partial charge >= 0.3 is 0 Å². The second-order valence-corrected chi connectivity index (χ2v) is 6.91. The van der Waals surface area contributed by atoms with Crippen LogP contribution in [0.5, 0.6) is 0 Å². The second kappa shape index (κ2) is 5.55. The fraction of sp³-hybridized carbons (Fsp3) is 0.417. The van der Waals surface area contributed by atoms with Crippen molar-refractivity contribution in [3.8, 4) is 0 Å². The van der Waals surface area contributed by atoms with E-state index in [2.05, 4.69) is 4.98 Å². The Kier molecular flexibility index (Phi) is 4.25. The van der Waals surface area contributed by atoms with E-state index in [4.69, 9.17) is 23.8 Å². The Morgan fingerprint density at radius 3 is 2.94 bits per heavy atom. The number of nitrogens with zero attached hydrogens (tertiary/aromatic N) is 1. The Balaban J connectivity index is 2.36. The van der Waals surface area contributed by atoms with Gasteiger partial charge in [-0.3, -0.25) is 4.21 Å². The summed E-state index contributed by atoms with van der Waals surface area (Å²) in [5.41, 5.74) is 1.87. The van der Waals surface area contributed by atoms with Gasteiger partial charge in [0.05, 0.1) is 16.1 Å². The minimum absolute atomic E-state index is 0.152. The Morgan fingerprint density at radius 1 is 1.56 bits per heavy atom. The van der Waals surface area contributed by atoms with Gasteiger partial charge in [0, 0.05) is 28.9 Å². The van der Waals surface area contributed by atoms with Gasteiger partial charge in [-0.2, -0.15) is 0 Å². The van der Waals surface area contributed by atoms with Crippen molar-refractivity contribution in [1.29, 1.82) is 0 Å². The minimum Gasteiger partial charge on any atom is -0.331 e. The third-order valence-electron chi connectivity index (χ3n) is 3.07. The highest BCUT2D eigenvalue weighted by Crippen LogP contribution is 2.23. The molecule has 18 heavy (non-hydrogen) atoms. The molecular formula is C12H15ClN2OS2. The van der Waals surface area contributed by atoms with E-state index in [1.54, 1.807) is 6.26 Å². The molecule has 1 aromatic heterocycles. The van der Waals surface area contributed by atoms with Crippen LogP contribution in [0.2, 0.25) is 5.02 Å². The fourth-order valence-electron chi connectivity index (χ4n) is 1.86. The topological polar surface area (TPSA) is 37.8 Å². The van der Waals surface area contributed by atoms with Crippen molar-refractivity contribution in [3.63, 3.8) is 0 Å². The molecule has 2 aromatic rings. The maximum Gasteiger partial charge on any atom is 0.178 e. The number of hydrogen-bond acceptors (Lipinski definition) is 2. The second-order valence-electron chi connectivity index (χ2n) is 4.32. The number of imidazole rings is 1. The Labute approximate surface area is 119 Å². The van der Waals surface area contributed by atoms with Gasteiger partial charge in [0.15, 0.2) is 4.77 Å². The summed E-state index contributed by atoms with van der Waals surface area (Å²) in [7, 11) is -0.808. The maximum atomic E-state index is 11.4. The van der Waals surface area contributed by atoms with Gasteiger partial charge in [0.2, 0.25) is 0 Å². The molecule has 0 saturated carbocycles. The van der Waals surface area contributed by atoms with Crippen molar-refractivity contribution < 1.29 is 4.21 Å². The molecule has 0 saturated heterocycles. The summed E-state index contributed by atoms with van der Waals surface area (Å²) >= 11 is 11.5. The molecule has 98 valence electrons. The summed E-state index contributed by atoms with van der Waals surface area (Å²) in [6.07, 6.45) is 2.54. The first kappa shape index (κ1) is 13.8. The molecule has 1 heterocycles. The van der Waals surface area contributed by atoms with Crippen LogP contribution in [0.15, 0.2) is 18.2 Å². The number of rotatable bonds is 4.